The Hall–Kier alpha value is -1.35. The molecule has 0 aromatic carbocycles. The summed E-state index contributed by atoms with van der Waals surface area (Å²) in [5.74, 6) is -32.4. The topological polar surface area (TPSA) is 46.2 Å². The summed E-state index contributed by atoms with van der Waals surface area (Å²) >= 11 is 0. The van der Waals surface area contributed by atoms with Gasteiger partial charge in [0.1, 0.15) is 0 Å². The summed E-state index contributed by atoms with van der Waals surface area (Å²) in [6.45, 7) is 0. The fourth-order valence-electron chi connectivity index (χ4n) is 1.20. The van der Waals surface area contributed by atoms with Crippen molar-refractivity contribution in [1.29, 1.82) is 0 Å². The fourth-order valence-corrected chi connectivity index (χ4v) is 2.26. The zero-order chi connectivity index (χ0) is 25.2. The van der Waals surface area contributed by atoms with Crippen LogP contribution in [-0.2, 0) is 10.0 Å². The smallest absolute Gasteiger partial charge is 0.206 e. The van der Waals surface area contributed by atoms with E-state index in [0.717, 1.165) is 0 Å². The third-order valence-electron chi connectivity index (χ3n) is 2.86. The van der Waals surface area contributed by atoms with Crippen molar-refractivity contribution >= 4 is 10.0 Å². The van der Waals surface area contributed by atoms with Gasteiger partial charge < -0.3 is 0 Å². The normalized spacial score (nSPS) is 16.7. The van der Waals surface area contributed by atoms with Crippen molar-refractivity contribution in [3.63, 3.8) is 0 Å². The third kappa shape index (κ3) is 3.83. The van der Waals surface area contributed by atoms with Gasteiger partial charge in [0.25, 0.3) is 10.0 Å². The van der Waals surface area contributed by atoms with Gasteiger partial charge in [-0.15, -0.1) is 4.72 Å². The SMILES string of the molecule is O=S(=O)(NC(F)(F)C(F)(F)C(F)(F)C(F)(F)F)C(F)(F)C(F)(F)C(F)(F)C(F)(F)F. The van der Waals surface area contributed by atoms with Crippen molar-refractivity contribution < 1.29 is 87.4 Å². The second-order valence-electron chi connectivity index (χ2n) is 4.99. The molecule has 0 amide bonds. The molecule has 0 fully saturated rings. The number of hydrogen-bond donors (Lipinski definition) is 1. The Balaban J connectivity index is 6.49. The molecule has 182 valence electrons. The standard InChI is InChI=1S/C8HF18NO2S/c9-1(10,5(17,18)19)3(13,14)7(23,24)27-30(28,29)8(25,26)4(15,16)2(11,12)6(20,21)22/h27H. The van der Waals surface area contributed by atoms with E-state index in [4.69, 9.17) is 0 Å². The van der Waals surface area contributed by atoms with Crippen LogP contribution in [0.2, 0.25) is 0 Å². The van der Waals surface area contributed by atoms with Gasteiger partial charge in [-0.2, -0.15) is 79.0 Å². The zero-order valence-electron chi connectivity index (χ0n) is 12.5. The zero-order valence-corrected chi connectivity index (χ0v) is 13.3. The van der Waals surface area contributed by atoms with Crippen molar-refractivity contribution in [3.8, 4) is 0 Å². The number of nitrogens with one attached hydrogen (secondary N) is 1. The Labute approximate surface area is 151 Å². The van der Waals surface area contributed by atoms with E-state index >= 15 is 0 Å². The van der Waals surface area contributed by atoms with Gasteiger partial charge >= 0.3 is 47.3 Å². The predicted molar refractivity (Wildman–Crippen MR) is 53.8 cm³/mol. The van der Waals surface area contributed by atoms with E-state index in [-0.39, 0.29) is 0 Å². The maximum absolute atomic E-state index is 13.1. The van der Waals surface area contributed by atoms with Gasteiger partial charge in [-0.3, -0.25) is 0 Å². The number of alkyl halides is 18. The molecule has 0 rings (SSSR count). The van der Waals surface area contributed by atoms with Crippen LogP contribution >= 0.6 is 0 Å². The molecule has 0 atom stereocenters. The summed E-state index contributed by atoms with van der Waals surface area (Å²) in [6, 6.07) is -7.78. The van der Waals surface area contributed by atoms with E-state index in [2.05, 4.69) is 0 Å². The molecule has 0 aliphatic carbocycles. The van der Waals surface area contributed by atoms with Crippen molar-refractivity contribution in [3.05, 3.63) is 0 Å². The van der Waals surface area contributed by atoms with Crippen LogP contribution < -0.4 is 4.72 Å². The molecule has 0 saturated carbocycles. The Morgan fingerprint density at radius 3 is 0.967 bits per heavy atom. The monoisotopic (exact) mass is 517 g/mol. The lowest BCUT2D eigenvalue weighted by Crippen LogP contribution is -2.70. The molecule has 1 N–H and O–H groups in total. The van der Waals surface area contributed by atoms with E-state index in [0.29, 0.717) is 0 Å². The van der Waals surface area contributed by atoms with Gasteiger partial charge in [0.2, 0.25) is 0 Å². The van der Waals surface area contributed by atoms with Gasteiger partial charge in [-0.25, -0.2) is 8.42 Å². The molecule has 0 aliphatic rings. The first-order valence-electron chi connectivity index (χ1n) is 5.89. The maximum Gasteiger partial charge on any atom is 0.460 e. The average molecular weight is 517 g/mol. The molecule has 0 aliphatic heterocycles. The van der Waals surface area contributed by atoms with Crippen LogP contribution in [0.5, 0.6) is 0 Å². The van der Waals surface area contributed by atoms with Crippen LogP contribution in [-0.4, -0.2) is 55.8 Å². The minimum Gasteiger partial charge on any atom is -0.206 e. The van der Waals surface area contributed by atoms with Gasteiger partial charge in [0.05, 0.1) is 0 Å². The molecule has 0 radical (unpaired) electrons. The summed E-state index contributed by atoms with van der Waals surface area (Å²) in [5, 5.41) is -8.12. The first kappa shape index (κ1) is 28.6. The quantitative estimate of drug-likeness (QED) is 0.392. The molecular weight excluding hydrogens is 516 g/mol. The van der Waals surface area contributed by atoms with Crippen LogP contribution in [0.25, 0.3) is 0 Å². The molecule has 0 aromatic heterocycles. The largest absolute Gasteiger partial charge is 0.460 e. The maximum atomic E-state index is 13.1. The highest BCUT2D eigenvalue weighted by Gasteiger charge is 2.87. The lowest BCUT2D eigenvalue weighted by molar-refractivity contribution is -0.398. The molecular formula is C8HF18NO2S. The van der Waals surface area contributed by atoms with Gasteiger partial charge in [0.15, 0.2) is 0 Å². The molecule has 0 heterocycles. The molecule has 0 aromatic rings. The average Bonchev–Trinajstić information content (AvgIpc) is 2.42. The van der Waals surface area contributed by atoms with Gasteiger partial charge in [-0.1, -0.05) is 0 Å². The number of hydrogen-bond acceptors (Lipinski definition) is 2. The number of rotatable bonds is 7. The lowest BCUT2D eigenvalue weighted by Gasteiger charge is -2.36. The Bertz CT molecular complexity index is 745. The second kappa shape index (κ2) is 6.82. The Kier molecular flexibility index (Phi) is 6.52. The highest BCUT2D eigenvalue weighted by molar-refractivity contribution is 7.90. The predicted octanol–water partition coefficient (Wildman–Crippen LogP) is 4.76. The third-order valence-corrected chi connectivity index (χ3v) is 4.32. The summed E-state index contributed by atoms with van der Waals surface area (Å²) in [4.78, 5) is 0. The molecule has 22 heteroatoms. The first-order chi connectivity index (χ1) is 12.5. The van der Waals surface area contributed by atoms with Crippen molar-refractivity contribution in [2.45, 2.75) is 47.3 Å². The van der Waals surface area contributed by atoms with E-state index in [1.807, 2.05) is 0 Å². The van der Waals surface area contributed by atoms with Crippen LogP contribution in [0.1, 0.15) is 0 Å². The number of sulfonamides is 1. The molecule has 0 saturated heterocycles. The highest BCUT2D eigenvalue weighted by atomic mass is 32.2. The minimum atomic E-state index is -8.65. The van der Waals surface area contributed by atoms with E-state index in [9.17, 15) is 87.4 Å². The van der Waals surface area contributed by atoms with Crippen molar-refractivity contribution in [2.24, 2.45) is 0 Å². The van der Waals surface area contributed by atoms with Crippen LogP contribution in [0.15, 0.2) is 0 Å². The summed E-state index contributed by atoms with van der Waals surface area (Å²) in [5.41, 5.74) is 0. The Morgan fingerprint density at radius 2 is 0.700 bits per heavy atom. The summed E-state index contributed by atoms with van der Waals surface area (Å²) in [6.07, 6.45) is -15.4. The van der Waals surface area contributed by atoms with Gasteiger partial charge in [-0.05, 0) is 0 Å². The van der Waals surface area contributed by atoms with Crippen molar-refractivity contribution in [2.75, 3.05) is 0 Å². The minimum absolute atomic E-state index is 1.80. The van der Waals surface area contributed by atoms with E-state index in [1.165, 1.54) is 0 Å². The van der Waals surface area contributed by atoms with Crippen LogP contribution in [0, 0.1) is 0 Å². The molecule has 30 heavy (non-hydrogen) atoms. The molecule has 0 spiro atoms. The van der Waals surface area contributed by atoms with Crippen LogP contribution in [0.3, 0.4) is 0 Å². The molecule has 0 unspecified atom stereocenters. The highest BCUT2D eigenvalue weighted by Crippen LogP contribution is 2.56. The van der Waals surface area contributed by atoms with Crippen molar-refractivity contribution in [1.82, 2.24) is 4.72 Å². The summed E-state index contributed by atoms with van der Waals surface area (Å²) in [7, 11) is -8.65. The Morgan fingerprint density at radius 1 is 0.433 bits per heavy atom. The number of halogens is 18. The lowest BCUT2D eigenvalue weighted by atomic mass is 10.1. The second-order valence-corrected chi connectivity index (χ2v) is 6.71. The van der Waals surface area contributed by atoms with Gasteiger partial charge in [0, 0.05) is 0 Å². The first-order valence-corrected chi connectivity index (χ1v) is 7.38. The fraction of sp³-hybridized carbons (Fsp3) is 1.00. The molecule has 0 bridgehead atoms. The molecule has 3 nitrogen and oxygen atoms in total. The van der Waals surface area contributed by atoms with E-state index < -0.39 is 62.1 Å². The van der Waals surface area contributed by atoms with Crippen LogP contribution in [0.4, 0.5) is 79.0 Å². The van der Waals surface area contributed by atoms with E-state index in [1.54, 1.807) is 0 Å². The summed E-state index contributed by atoms with van der Waals surface area (Å²) < 4.78 is 244.